The Morgan fingerprint density at radius 1 is 1.80 bits per heavy atom. The number of piperidine rings is 1. The minimum atomic E-state index is -0.0900. The fourth-order valence-electron chi connectivity index (χ4n) is 1.41. The summed E-state index contributed by atoms with van der Waals surface area (Å²) in [6.07, 6.45) is 0.853. The van der Waals surface area contributed by atoms with Gasteiger partial charge >= 0.3 is 0 Å². The van der Waals surface area contributed by atoms with Gasteiger partial charge in [0.05, 0.1) is 13.2 Å². The molecule has 0 aromatic rings. The Balaban J connectivity index is 2.04. The van der Waals surface area contributed by atoms with Crippen LogP contribution in [-0.4, -0.2) is 24.7 Å². The van der Waals surface area contributed by atoms with E-state index in [4.69, 9.17) is 4.74 Å². The molecule has 2 saturated heterocycles. The summed E-state index contributed by atoms with van der Waals surface area (Å²) in [6.45, 7) is 3.23. The van der Waals surface area contributed by atoms with Crippen molar-refractivity contribution in [3.05, 3.63) is 0 Å². The number of hydrogen-bond acceptors (Lipinski definition) is 3. The molecule has 56 valence electrons. The van der Waals surface area contributed by atoms with E-state index in [0.29, 0.717) is 12.3 Å². The van der Waals surface area contributed by atoms with Gasteiger partial charge in [-0.05, 0) is 0 Å². The van der Waals surface area contributed by atoms with Gasteiger partial charge in [-0.25, -0.2) is 0 Å². The summed E-state index contributed by atoms with van der Waals surface area (Å²) in [5.41, 5.74) is -0.0900. The first-order valence-corrected chi connectivity index (χ1v) is 3.64. The molecule has 2 aliphatic rings. The Labute approximate surface area is 59.7 Å². The van der Waals surface area contributed by atoms with E-state index in [1.54, 1.807) is 0 Å². The zero-order chi connectivity index (χ0) is 7.19. The van der Waals surface area contributed by atoms with Gasteiger partial charge in [0.2, 0.25) is 0 Å². The molecule has 0 aromatic carbocycles. The van der Waals surface area contributed by atoms with E-state index < -0.39 is 0 Å². The van der Waals surface area contributed by atoms with Gasteiger partial charge in [-0.15, -0.1) is 0 Å². The average Bonchev–Trinajstić information content (AvgIpc) is 2.62. The maximum atomic E-state index is 11.0. The molecule has 0 bridgehead atoms. The second-order valence-electron chi connectivity index (χ2n) is 3.21. The number of rotatable bonds is 0. The topological polar surface area (TPSA) is 41.6 Å². The van der Waals surface area contributed by atoms with E-state index in [9.17, 15) is 4.79 Å². The highest BCUT2D eigenvalue weighted by Crippen LogP contribution is 2.33. The molecular formula is C7H11NO2. The number of ether oxygens (including phenoxy) is 1. The molecule has 1 N–H and O–H groups in total. The van der Waals surface area contributed by atoms with Crippen molar-refractivity contribution in [2.75, 3.05) is 13.2 Å². The Hall–Kier alpha value is -0.410. The summed E-state index contributed by atoms with van der Waals surface area (Å²) in [5.74, 6) is 0.491. The van der Waals surface area contributed by atoms with E-state index in [-0.39, 0.29) is 11.6 Å². The largest absolute Gasteiger partial charge is 0.354 e. The summed E-state index contributed by atoms with van der Waals surface area (Å²) in [4.78, 5) is 11.0. The number of carbonyl (C=O) groups is 1. The number of ketones is 1. The molecule has 2 unspecified atom stereocenters. The Kier molecular flexibility index (Phi) is 1.13. The molecule has 2 heterocycles. The second-order valence-corrected chi connectivity index (χ2v) is 3.21. The lowest BCUT2D eigenvalue weighted by Gasteiger charge is -2.23. The average molecular weight is 141 g/mol. The summed E-state index contributed by atoms with van der Waals surface area (Å²) in [6, 6.07) is 0. The van der Waals surface area contributed by atoms with Crippen molar-refractivity contribution in [1.29, 1.82) is 0 Å². The van der Waals surface area contributed by atoms with Crippen molar-refractivity contribution >= 4 is 5.78 Å². The van der Waals surface area contributed by atoms with Crippen molar-refractivity contribution in [2.45, 2.75) is 19.1 Å². The number of carbonyl (C=O) groups excluding carboxylic acids is 1. The number of Topliss-reactive ketones (excluding diaryl/α,β-unsaturated/α-hetero) is 1. The Morgan fingerprint density at radius 2 is 2.50 bits per heavy atom. The Morgan fingerprint density at radius 3 is 3.00 bits per heavy atom. The van der Waals surface area contributed by atoms with E-state index >= 15 is 0 Å². The highest BCUT2D eigenvalue weighted by Gasteiger charge is 2.49. The highest BCUT2D eigenvalue weighted by molar-refractivity contribution is 5.83. The van der Waals surface area contributed by atoms with Gasteiger partial charge < -0.3 is 4.74 Å². The molecule has 0 aromatic heterocycles. The first kappa shape index (κ1) is 6.31. The summed E-state index contributed by atoms with van der Waals surface area (Å²) in [7, 11) is 0. The van der Waals surface area contributed by atoms with Gasteiger partial charge in [-0.3, -0.25) is 10.1 Å². The molecule has 10 heavy (non-hydrogen) atoms. The monoisotopic (exact) mass is 141 g/mol. The van der Waals surface area contributed by atoms with Crippen molar-refractivity contribution in [3.63, 3.8) is 0 Å². The van der Waals surface area contributed by atoms with Gasteiger partial charge in [0.1, 0.15) is 11.5 Å². The van der Waals surface area contributed by atoms with Crippen LogP contribution in [0.1, 0.15) is 13.3 Å². The molecular weight excluding hydrogens is 130 g/mol. The third-order valence-electron chi connectivity index (χ3n) is 2.26. The standard InChI is InChI=1S/C7H11NO2/c1-5-2-7(4-10-7)8-3-6(5)9/h5,8H,2-4H2,1H3. The lowest BCUT2D eigenvalue weighted by molar-refractivity contribution is -0.124. The molecule has 3 nitrogen and oxygen atoms in total. The molecule has 2 fully saturated rings. The molecule has 0 aliphatic carbocycles. The lowest BCUT2D eigenvalue weighted by atomic mass is 9.93. The fraction of sp³-hybridized carbons (Fsp3) is 0.857. The van der Waals surface area contributed by atoms with Crippen molar-refractivity contribution in [3.8, 4) is 0 Å². The summed E-state index contributed by atoms with van der Waals surface area (Å²) in [5, 5.41) is 3.08. The normalized spacial score (nSPS) is 46.1. The molecule has 2 atom stereocenters. The Bertz CT molecular complexity index is 174. The zero-order valence-corrected chi connectivity index (χ0v) is 6.02. The van der Waals surface area contributed by atoms with E-state index in [0.717, 1.165) is 13.0 Å². The van der Waals surface area contributed by atoms with Gasteiger partial charge in [0.15, 0.2) is 0 Å². The molecule has 2 aliphatic heterocycles. The van der Waals surface area contributed by atoms with Gasteiger partial charge in [-0.2, -0.15) is 0 Å². The summed E-state index contributed by atoms with van der Waals surface area (Å²) >= 11 is 0. The second kappa shape index (κ2) is 1.80. The number of nitrogens with one attached hydrogen (secondary N) is 1. The molecule has 0 amide bonds. The fourth-order valence-corrected chi connectivity index (χ4v) is 1.41. The smallest absolute Gasteiger partial charge is 0.149 e. The van der Waals surface area contributed by atoms with Crippen LogP contribution in [0, 0.1) is 5.92 Å². The van der Waals surface area contributed by atoms with E-state index in [1.807, 2.05) is 6.92 Å². The quantitative estimate of drug-likeness (QED) is 0.479. The van der Waals surface area contributed by atoms with Gasteiger partial charge in [0, 0.05) is 12.3 Å². The molecule has 1 spiro atoms. The third-order valence-corrected chi connectivity index (χ3v) is 2.26. The zero-order valence-electron chi connectivity index (χ0n) is 6.02. The minimum Gasteiger partial charge on any atom is -0.354 e. The molecule has 0 radical (unpaired) electrons. The predicted octanol–water partition coefficient (Wildman–Crippen LogP) is -0.0886. The van der Waals surface area contributed by atoms with Crippen LogP contribution in [0.5, 0.6) is 0 Å². The summed E-state index contributed by atoms with van der Waals surface area (Å²) < 4.78 is 5.19. The molecule has 3 heteroatoms. The van der Waals surface area contributed by atoms with E-state index in [1.165, 1.54) is 0 Å². The van der Waals surface area contributed by atoms with Crippen LogP contribution in [0.15, 0.2) is 0 Å². The molecule has 2 rings (SSSR count). The van der Waals surface area contributed by atoms with Crippen molar-refractivity contribution < 1.29 is 9.53 Å². The lowest BCUT2D eigenvalue weighted by Crippen LogP contribution is -2.46. The van der Waals surface area contributed by atoms with Gasteiger partial charge in [-0.1, -0.05) is 6.92 Å². The van der Waals surface area contributed by atoms with Crippen LogP contribution >= 0.6 is 0 Å². The van der Waals surface area contributed by atoms with Crippen LogP contribution in [0.4, 0.5) is 0 Å². The highest BCUT2D eigenvalue weighted by atomic mass is 16.6. The number of hydrogen-bond donors (Lipinski definition) is 1. The van der Waals surface area contributed by atoms with E-state index in [2.05, 4.69) is 5.32 Å². The van der Waals surface area contributed by atoms with Crippen LogP contribution in [0.3, 0.4) is 0 Å². The van der Waals surface area contributed by atoms with Crippen LogP contribution in [0.25, 0.3) is 0 Å². The first-order chi connectivity index (χ1) is 4.72. The predicted molar refractivity (Wildman–Crippen MR) is 35.5 cm³/mol. The van der Waals surface area contributed by atoms with Gasteiger partial charge in [0.25, 0.3) is 0 Å². The van der Waals surface area contributed by atoms with Crippen molar-refractivity contribution in [2.24, 2.45) is 5.92 Å². The van der Waals surface area contributed by atoms with Crippen LogP contribution in [-0.2, 0) is 9.53 Å². The van der Waals surface area contributed by atoms with Crippen molar-refractivity contribution in [1.82, 2.24) is 5.32 Å². The number of epoxide rings is 1. The maximum Gasteiger partial charge on any atom is 0.149 e. The van der Waals surface area contributed by atoms with Crippen LogP contribution in [0.2, 0.25) is 0 Å². The first-order valence-electron chi connectivity index (χ1n) is 3.64. The SMILES string of the molecule is CC1CC2(CO2)NCC1=O. The maximum absolute atomic E-state index is 11.0. The molecule has 0 saturated carbocycles. The van der Waals surface area contributed by atoms with Crippen LogP contribution < -0.4 is 5.32 Å². The third kappa shape index (κ3) is 0.859. The minimum absolute atomic E-state index is 0.0900.